The van der Waals surface area contributed by atoms with Gasteiger partial charge in [-0.05, 0) is 36.8 Å². The number of hydrogen-bond donors (Lipinski definition) is 3. The van der Waals surface area contributed by atoms with Crippen molar-refractivity contribution in [2.45, 2.75) is 19.3 Å². The summed E-state index contributed by atoms with van der Waals surface area (Å²) in [5.74, 6) is -5.45. The first-order valence-electron chi connectivity index (χ1n) is 10.9. The van der Waals surface area contributed by atoms with E-state index in [0.29, 0.717) is 10.7 Å². The van der Waals surface area contributed by atoms with E-state index in [-0.39, 0.29) is 5.91 Å². The third-order valence-corrected chi connectivity index (χ3v) is 6.02. The number of alkyl halides is 6. The van der Waals surface area contributed by atoms with Crippen LogP contribution in [0.5, 0.6) is 0 Å². The SMILES string of the molecule is Cc1ccccc1N1CCN(C(=O)c2ccc3sc(N)nc3c2)CC1.O=C(O)C(F)(F)F.O=C(O)C(F)(F)F. The van der Waals surface area contributed by atoms with E-state index in [9.17, 15) is 31.1 Å². The number of piperazine rings is 1. The van der Waals surface area contributed by atoms with Crippen molar-refractivity contribution in [3.8, 4) is 0 Å². The molecule has 2 aromatic carbocycles. The van der Waals surface area contributed by atoms with Gasteiger partial charge in [-0.25, -0.2) is 14.6 Å². The Labute approximate surface area is 221 Å². The lowest BCUT2D eigenvalue weighted by atomic mass is 10.1. The lowest BCUT2D eigenvalue weighted by Crippen LogP contribution is -2.49. The van der Waals surface area contributed by atoms with E-state index in [1.54, 1.807) is 0 Å². The van der Waals surface area contributed by atoms with Crippen molar-refractivity contribution in [3.05, 3.63) is 53.6 Å². The van der Waals surface area contributed by atoms with Crippen LogP contribution in [-0.2, 0) is 9.59 Å². The molecule has 4 N–H and O–H groups in total. The van der Waals surface area contributed by atoms with E-state index in [4.69, 9.17) is 25.5 Å². The number of anilines is 2. The first kappa shape index (κ1) is 31.1. The fourth-order valence-electron chi connectivity index (χ4n) is 3.33. The number of aryl methyl sites for hydroxylation is 1. The molecule has 0 unspecified atom stereocenters. The van der Waals surface area contributed by atoms with Crippen LogP contribution in [0.2, 0.25) is 0 Å². The molecule has 0 saturated carbocycles. The van der Waals surface area contributed by atoms with Crippen molar-refractivity contribution < 1.29 is 50.9 Å². The van der Waals surface area contributed by atoms with Crippen LogP contribution < -0.4 is 10.6 Å². The second-order valence-electron chi connectivity index (χ2n) is 7.91. The normalized spacial score (nSPS) is 13.6. The summed E-state index contributed by atoms with van der Waals surface area (Å²) in [4.78, 5) is 39.2. The van der Waals surface area contributed by atoms with Crippen LogP contribution in [0, 0.1) is 6.92 Å². The number of aliphatic carboxylic acids is 2. The minimum atomic E-state index is -5.08. The highest BCUT2D eigenvalue weighted by atomic mass is 32.1. The molecule has 1 amide bonds. The minimum absolute atomic E-state index is 0.0675. The number of thiazole rings is 1. The summed E-state index contributed by atoms with van der Waals surface area (Å²) < 4.78 is 64.5. The van der Waals surface area contributed by atoms with Crippen molar-refractivity contribution in [1.29, 1.82) is 0 Å². The highest BCUT2D eigenvalue weighted by Crippen LogP contribution is 2.26. The maximum atomic E-state index is 12.8. The summed E-state index contributed by atoms with van der Waals surface area (Å²) in [7, 11) is 0. The van der Waals surface area contributed by atoms with Gasteiger partial charge in [-0.1, -0.05) is 29.5 Å². The van der Waals surface area contributed by atoms with Crippen molar-refractivity contribution >= 4 is 50.2 Å². The fraction of sp³-hybridized carbons (Fsp3) is 0.304. The van der Waals surface area contributed by atoms with E-state index in [1.807, 2.05) is 23.1 Å². The van der Waals surface area contributed by atoms with Gasteiger partial charge in [0.15, 0.2) is 5.13 Å². The minimum Gasteiger partial charge on any atom is -0.475 e. The predicted octanol–water partition coefficient (Wildman–Crippen LogP) is 4.42. The molecule has 3 aromatic rings. The fourth-order valence-corrected chi connectivity index (χ4v) is 4.04. The van der Waals surface area contributed by atoms with Gasteiger partial charge in [0.25, 0.3) is 5.91 Å². The summed E-state index contributed by atoms with van der Waals surface area (Å²) >= 11 is 1.44. The average molecular weight is 581 g/mol. The molecule has 212 valence electrons. The van der Waals surface area contributed by atoms with E-state index in [2.05, 4.69) is 41.1 Å². The van der Waals surface area contributed by atoms with Gasteiger partial charge in [0.05, 0.1) is 10.2 Å². The Morgan fingerprint density at radius 2 is 1.41 bits per heavy atom. The van der Waals surface area contributed by atoms with E-state index >= 15 is 0 Å². The number of para-hydroxylation sites is 1. The quantitative estimate of drug-likeness (QED) is 0.379. The molecule has 0 atom stereocenters. The Hall–Kier alpha value is -4.08. The number of nitrogens with two attached hydrogens (primary N) is 1. The zero-order chi connectivity index (χ0) is 29.5. The number of nitrogen functional groups attached to an aromatic ring is 1. The molecule has 9 nitrogen and oxygen atoms in total. The van der Waals surface area contributed by atoms with Gasteiger partial charge in [0, 0.05) is 37.4 Å². The van der Waals surface area contributed by atoms with Gasteiger partial charge >= 0.3 is 24.3 Å². The number of nitrogens with zero attached hydrogens (tertiary/aromatic N) is 3. The molecule has 1 aromatic heterocycles. The molecular formula is C23H22F6N4O5S. The highest BCUT2D eigenvalue weighted by Gasteiger charge is 2.38. The molecule has 1 aliphatic rings. The maximum Gasteiger partial charge on any atom is 0.490 e. The lowest BCUT2D eigenvalue weighted by molar-refractivity contribution is -0.193. The third kappa shape index (κ3) is 9.01. The number of carbonyl (C=O) groups excluding carboxylic acids is 1. The van der Waals surface area contributed by atoms with Gasteiger partial charge < -0.3 is 25.7 Å². The molecule has 16 heteroatoms. The van der Waals surface area contributed by atoms with Crippen LogP contribution >= 0.6 is 11.3 Å². The maximum absolute atomic E-state index is 12.8. The lowest BCUT2D eigenvalue weighted by Gasteiger charge is -2.36. The van der Waals surface area contributed by atoms with Gasteiger partial charge in [0.2, 0.25) is 0 Å². The Morgan fingerprint density at radius 1 is 0.897 bits per heavy atom. The smallest absolute Gasteiger partial charge is 0.475 e. The largest absolute Gasteiger partial charge is 0.490 e. The van der Waals surface area contributed by atoms with E-state index in [0.717, 1.165) is 36.4 Å². The number of halogens is 6. The number of benzene rings is 2. The summed E-state index contributed by atoms with van der Waals surface area (Å²) in [6.07, 6.45) is -10.2. The highest BCUT2D eigenvalue weighted by molar-refractivity contribution is 7.22. The van der Waals surface area contributed by atoms with Crippen molar-refractivity contribution in [2.75, 3.05) is 36.8 Å². The van der Waals surface area contributed by atoms with Gasteiger partial charge in [0.1, 0.15) is 0 Å². The molecule has 39 heavy (non-hydrogen) atoms. The number of carboxylic acids is 2. The number of hydrogen-bond acceptors (Lipinski definition) is 7. The van der Waals surface area contributed by atoms with Gasteiger partial charge in [-0.15, -0.1) is 0 Å². The standard InChI is InChI=1S/C19H20N4OS.2C2HF3O2/c1-13-4-2-3-5-16(13)22-8-10-23(11-9-22)18(24)14-6-7-17-15(12-14)21-19(20)25-17;2*3-2(4,5)1(6)7/h2-7,12H,8-11H2,1H3,(H2,20,21);2*(H,6,7). The Morgan fingerprint density at radius 3 is 1.90 bits per heavy atom. The summed E-state index contributed by atoms with van der Waals surface area (Å²) in [6.45, 7) is 5.28. The number of fused-ring (bicyclic) bond motifs is 1. The number of aromatic nitrogens is 1. The Kier molecular flexibility index (Phi) is 10.1. The zero-order valence-corrected chi connectivity index (χ0v) is 20.9. The van der Waals surface area contributed by atoms with Crippen LogP contribution in [0.3, 0.4) is 0 Å². The van der Waals surface area contributed by atoms with Crippen LogP contribution in [0.25, 0.3) is 10.2 Å². The van der Waals surface area contributed by atoms with Crippen molar-refractivity contribution in [3.63, 3.8) is 0 Å². The topological polar surface area (TPSA) is 137 Å². The Balaban J connectivity index is 0.000000317. The molecule has 0 aliphatic carbocycles. The first-order chi connectivity index (χ1) is 18.0. The zero-order valence-electron chi connectivity index (χ0n) is 20.1. The third-order valence-electron chi connectivity index (χ3n) is 5.16. The summed E-state index contributed by atoms with van der Waals surface area (Å²) in [6, 6.07) is 14.0. The molecule has 1 aliphatic heterocycles. The second kappa shape index (κ2) is 12.6. The van der Waals surface area contributed by atoms with E-state index in [1.165, 1.54) is 22.6 Å². The molecular weight excluding hydrogens is 558 g/mol. The molecule has 0 radical (unpaired) electrons. The van der Waals surface area contributed by atoms with Crippen LogP contribution in [0.15, 0.2) is 42.5 Å². The molecule has 0 spiro atoms. The summed E-state index contributed by atoms with van der Waals surface area (Å²) in [5.41, 5.74) is 9.76. The molecule has 2 heterocycles. The van der Waals surface area contributed by atoms with Crippen LogP contribution in [-0.4, -0.2) is 76.5 Å². The number of carbonyl (C=O) groups is 3. The monoisotopic (exact) mass is 580 g/mol. The number of amides is 1. The number of carboxylic acid groups (broad SMARTS) is 2. The predicted molar refractivity (Wildman–Crippen MR) is 131 cm³/mol. The number of rotatable bonds is 2. The van der Waals surface area contributed by atoms with Gasteiger partial charge in [-0.2, -0.15) is 26.3 Å². The van der Waals surface area contributed by atoms with E-state index < -0.39 is 24.3 Å². The summed E-state index contributed by atoms with van der Waals surface area (Å²) in [5, 5.41) is 14.8. The molecule has 1 saturated heterocycles. The first-order valence-corrected chi connectivity index (χ1v) is 11.7. The second-order valence-corrected chi connectivity index (χ2v) is 8.97. The molecule has 1 fully saturated rings. The molecule has 4 rings (SSSR count). The van der Waals surface area contributed by atoms with Crippen molar-refractivity contribution in [2.24, 2.45) is 0 Å². The average Bonchev–Trinajstić information content (AvgIpc) is 3.23. The Bertz CT molecular complexity index is 1300. The van der Waals surface area contributed by atoms with Crippen LogP contribution in [0.1, 0.15) is 15.9 Å². The van der Waals surface area contributed by atoms with Crippen LogP contribution in [0.4, 0.5) is 37.2 Å². The van der Waals surface area contributed by atoms with Gasteiger partial charge in [-0.3, -0.25) is 4.79 Å². The van der Waals surface area contributed by atoms with Crippen molar-refractivity contribution in [1.82, 2.24) is 9.88 Å². The molecule has 0 bridgehead atoms.